The van der Waals surface area contributed by atoms with Gasteiger partial charge in [0, 0.05) is 19.6 Å². The first kappa shape index (κ1) is 14.6. The Hall–Kier alpha value is -1.85. The molecule has 0 aromatic carbocycles. The molecule has 6 heteroatoms. The van der Waals surface area contributed by atoms with Crippen LogP contribution in [0.3, 0.4) is 0 Å². The van der Waals surface area contributed by atoms with Gasteiger partial charge in [-0.2, -0.15) is 5.10 Å². The van der Waals surface area contributed by atoms with Crippen LogP contribution in [-0.2, 0) is 16.1 Å². The standard InChI is InChI=1S/C14H21N3O3/c1-4-17-12(9-10(2)15-17)13(18)16-7-5-11(6-8-16)14(19)20-3/h9,11H,4-8H2,1-3H3. The van der Waals surface area contributed by atoms with Crippen LogP contribution < -0.4 is 0 Å². The molecule has 2 rings (SSSR count). The molecule has 2 heterocycles. The highest BCUT2D eigenvalue weighted by atomic mass is 16.5. The number of amides is 1. The molecule has 110 valence electrons. The van der Waals surface area contributed by atoms with Crippen molar-refractivity contribution in [3.8, 4) is 0 Å². The highest BCUT2D eigenvalue weighted by molar-refractivity contribution is 5.93. The van der Waals surface area contributed by atoms with Gasteiger partial charge in [-0.05, 0) is 32.8 Å². The molecule has 1 fully saturated rings. The molecule has 1 aromatic heterocycles. The molecule has 0 atom stereocenters. The number of hydrogen-bond acceptors (Lipinski definition) is 4. The van der Waals surface area contributed by atoms with Crippen LogP contribution in [0.2, 0.25) is 0 Å². The number of aryl methyl sites for hydroxylation is 2. The zero-order valence-corrected chi connectivity index (χ0v) is 12.3. The molecule has 0 N–H and O–H groups in total. The number of piperidine rings is 1. The Labute approximate surface area is 118 Å². The van der Waals surface area contributed by atoms with Crippen molar-refractivity contribution in [2.24, 2.45) is 5.92 Å². The van der Waals surface area contributed by atoms with E-state index < -0.39 is 0 Å². The third-order valence-corrected chi connectivity index (χ3v) is 3.74. The number of rotatable bonds is 3. The zero-order chi connectivity index (χ0) is 14.7. The topological polar surface area (TPSA) is 64.4 Å². The van der Waals surface area contributed by atoms with Gasteiger partial charge in [0.1, 0.15) is 5.69 Å². The minimum atomic E-state index is -0.174. The molecule has 0 aliphatic carbocycles. The Bertz CT molecular complexity index is 502. The SMILES string of the molecule is CCn1nc(C)cc1C(=O)N1CCC(C(=O)OC)CC1. The number of nitrogens with zero attached hydrogens (tertiary/aromatic N) is 3. The molecule has 1 aliphatic rings. The van der Waals surface area contributed by atoms with Gasteiger partial charge in [0.05, 0.1) is 18.7 Å². The Morgan fingerprint density at radius 2 is 2.05 bits per heavy atom. The van der Waals surface area contributed by atoms with Crippen molar-refractivity contribution in [2.75, 3.05) is 20.2 Å². The lowest BCUT2D eigenvalue weighted by atomic mass is 9.97. The molecular weight excluding hydrogens is 258 g/mol. The van der Waals surface area contributed by atoms with Gasteiger partial charge < -0.3 is 9.64 Å². The monoisotopic (exact) mass is 279 g/mol. The summed E-state index contributed by atoms with van der Waals surface area (Å²) in [4.78, 5) is 25.8. The van der Waals surface area contributed by atoms with E-state index in [9.17, 15) is 9.59 Å². The molecule has 0 radical (unpaired) electrons. The quantitative estimate of drug-likeness (QED) is 0.781. The fourth-order valence-corrected chi connectivity index (χ4v) is 2.61. The van der Waals surface area contributed by atoms with E-state index in [4.69, 9.17) is 4.74 Å². The molecule has 0 unspecified atom stereocenters. The smallest absolute Gasteiger partial charge is 0.308 e. The molecular formula is C14H21N3O3. The van der Waals surface area contributed by atoms with Crippen LogP contribution in [0.5, 0.6) is 0 Å². The lowest BCUT2D eigenvalue weighted by Gasteiger charge is -2.30. The van der Waals surface area contributed by atoms with E-state index >= 15 is 0 Å². The summed E-state index contributed by atoms with van der Waals surface area (Å²) < 4.78 is 6.48. The second kappa shape index (κ2) is 6.07. The Balaban J connectivity index is 2.03. The number of carbonyl (C=O) groups excluding carboxylic acids is 2. The van der Waals surface area contributed by atoms with E-state index in [0.717, 1.165) is 5.69 Å². The highest BCUT2D eigenvalue weighted by Crippen LogP contribution is 2.20. The van der Waals surface area contributed by atoms with Gasteiger partial charge in [0.2, 0.25) is 0 Å². The summed E-state index contributed by atoms with van der Waals surface area (Å²) in [5, 5.41) is 4.30. The van der Waals surface area contributed by atoms with Gasteiger partial charge in [-0.3, -0.25) is 14.3 Å². The van der Waals surface area contributed by atoms with Crippen molar-refractivity contribution in [1.29, 1.82) is 0 Å². The van der Waals surface area contributed by atoms with Crippen LogP contribution in [-0.4, -0.2) is 46.8 Å². The molecule has 1 aliphatic heterocycles. The Morgan fingerprint density at radius 1 is 1.40 bits per heavy atom. The summed E-state index contributed by atoms with van der Waals surface area (Å²) in [7, 11) is 1.41. The van der Waals surface area contributed by atoms with Crippen molar-refractivity contribution in [2.45, 2.75) is 33.2 Å². The van der Waals surface area contributed by atoms with E-state index in [1.54, 1.807) is 9.58 Å². The number of ether oxygens (including phenoxy) is 1. The van der Waals surface area contributed by atoms with E-state index in [2.05, 4.69) is 5.10 Å². The van der Waals surface area contributed by atoms with Gasteiger partial charge in [-0.15, -0.1) is 0 Å². The summed E-state index contributed by atoms with van der Waals surface area (Å²) in [5.74, 6) is -0.260. The third kappa shape index (κ3) is 2.84. The van der Waals surface area contributed by atoms with Crippen molar-refractivity contribution < 1.29 is 14.3 Å². The summed E-state index contributed by atoms with van der Waals surface area (Å²) in [6.07, 6.45) is 1.33. The van der Waals surface area contributed by atoms with Crippen molar-refractivity contribution in [1.82, 2.24) is 14.7 Å². The summed E-state index contributed by atoms with van der Waals surface area (Å²) in [5.41, 5.74) is 1.47. The first-order chi connectivity index (χ1) is 9.56. The molecule has 0 spiro atoms. The fraction of sp³-hybridized carbons (Fsp3) is 0.643. The first-order valence-electron chi connectivity index (χ1n) is 6.98. The molecule has 1 saturated heterocycles. The van der Waals surface area contributed by atoms with Gasteiger partial charge >= 0.3 is 5.97 Å². The van der Waals surface area contributed by atoms with Crippen LogP contribution in [0.25, 0.3) is 0 Å². The maximum atomic E-state index is 12.5. The third-order valence-electron chi connectivity index (χ3n) is 3.74. The average Bonchev–Trinajstić information content (AvgIpc) is 2.87. The minimum Gasteiger partial charge on any atom is -0.469 e. The Kier molecular flexibility index (Phi) is 4.42. The number of methoxy groups -OCH3 is 1. The molecule has 1 amide bonds. The van der Waals surface area contributed by atoms with Gasteiger partial charge in [-0.1, -0.05) is 0 Å². The summed E-state index contributed by atoms with van der Waals surface area (Å²) in [6.45, 7) is 5.70. The lowest BCUT2D eigenvalue weighted by molar-refractivity contribution is -0.146. The normalized spacial score (nSPS) is 16.2. The van der Waals surface area contributed by atoms with Crippen LogP contribution in [0.4, 0.5) is 0 Å². The maximum absolute atomic E-state index is 12.5. The first-order valence-corrected chi connectivity index (χ1v) is 6.98. The second-order valence-corrected chi connectivity index (χ2v) is 5.08. The van der Waals surface area contributed by atoms with Gasteiger partial charge in [0.25, 0.3) is 5.91 Å². The van der Waals surface area contributed by atoms with Crippen LogP contribution in [0.15, 0.2) is 6.07 Å². The van der Waals surface area contributed by atoms with Crippen LogP contribution in [0, 0.1) is 12.8 Å². The van der Waals surface area contributed by atoms with E-state index in [-0.39, 0.29) is 17.8 Å². The average molecular weight is 279 g/mol. The summed E-state index contributed by atoms with van der Waals surface area (Å²) in [6, 6.07) is 1.82. The maximum Gasteiger partial charge on any atom is 0.308 e. The number of aromatic nitrogens is 2. The predicted octanol–water partition coefficient (Wildman–Crippen LogP) is 1.24. The van der Waals surface area contributed by atoms with E-state index in [1.807, 2.05) is 19.9 Å². The molecule has 20 heavy (non-hydrogen) atoms. The zero-order valence-electron chi connectivity index (χ0n) is 12.3. The van der Waals surface area contributed by atoms with Crippen molar-refractivity contribution in [3.63, 3.8) is 0 Å². The number of carbonyl (C=O) groups is 2. The molecule has 0 bridgehead atoms. The molecule has 0 saturated carbocycles. The van der Waals surface area contributed by atoms with Crippen molar-refractivity contribution >= 4 is 11.9 Å². The lowest BCUT2D eigenvalue weighted by Crippen LogP contribution is -2.41. The molecule has 1 aromatic rings. The van der Waals surface area contributed by atoms with E-state index in [1.165, 1.54) is 7.11 Å². The minimum absolute atomic E-state index is 0.00392. The molecule has 6 nitrogen and oxygen atoms in total. The van der Waals surface area contributed by atoms with Crippen molar-refractivity contribution in [3.05, 3.63) is 17.5 Å². The van der Waals surface area contributed by atoms with Crippen LogP contribution in [0.1, 0.15) is 35.9 Å². The second-order valence-electron chi connectivity index (χ2n) is 5.08. The van der Waals surface area contributed by atoms with E-state index in [0.29, 0.717) is 38.2 Å². The number of likely N-dealkylation sites (tertiary alicyclic amines) is 1. The van der Waals surface area contributed by atoms with Gasteiger partial charge in [-0.25, -0.2) is 0 Å². The number of esters is 1. The van der Waals surface area contributed by atoms with Gasteiger partial charge in [0.15, 0.2) is 0 Å². The summed E-state index contributed by atoms with van der Waals surface area (Å²) >= 11 is 0. The largest absolute Gasteiger partial charge is 0.469 e. The Morgan fingerprint density at radius 3 is 2.60 bits per heavy atom. The van der Waals surface area contributed by atoms with Crippen LogP contribution >= 0.6 is 0 Å². The number of hydrogen-bond donors (Lipinski definition) is 0. The highest BCUT2D eigenvalue weighted by Gasteiger charge is 2.29. The fourth-order valence-electron chi connectivity index (χ4n) is 2.61. The predicted molar refractivity (Wildman–Crippen MR) is 73.3 cm³/mol.